The lowest BCUT2D eigenvalue weighted by Gasteiger charge is -2.27. The summed E-state index contributed by atoms with van der Waals surface area (Å²) in [5.74, 6) is 0.994. The fraction of sp³-hybridized carbons (Fsp3) is 0.261. The van der Waals surface area contributed by atoms with Gasteiger partial charge in [0.2, 0.25) is 5.88 Å². The molecule has 33 heavy (non-hydrogen) atoms. The lowest BCUT2D eigenvalue weighted by molar-refractivity contribution is 0.199. The summed E-state index contributed by atoms with van der Waals surface area (Å²) in [6.45, 7) is 4.33. The van der Waals surface area contributed by atoms with Gasteiger partial charge in [0.05, 0.1) is 24.4 Å². The van der Waals surface area contributed by atoms with Crippen LogP contribution in [0.1, 0.15) is 19.4 Å². The number of para-hydroxylation sites is 1. The summed E-state index contributed by atoms with van der Waals surface area (Å²) in [4.78, 5) is 24.8. The molecule has 0 spiro atoms. The van der Waals surface area contributed by atoms with Crippen molar-refractivity contribution in [2.24, 2.45) is 0 Å². The lowest BCUT2D eigenvalue weighted by atomic mass is 10.0. The fourth-order valence-corrected chi connectivity index (χ4v) is 4.98. The number of nitrogens with zero attached hydrogens (tertiary/aromatic N) is 3. The molecule has 0 radical (unpaired) electrons. The summed E-state index contributed by atoms with van der Waals surface area (Å²) in [6.07, 6.45) is 1.34. The molecule has 2 aromatic heterocycles. The smallest absolute Gasteiger partial charge is 0.332 e. The largest absolute Gasteiger partial charge is 0.491 e. The second kappa shape index (κ2) is 9.46. The van der Waals surface area contributed by atoms with Crippen molar-refractivity contribution in [1.82, 2.24) is 19.5 Å². The SMILES string of the molecule is COc1ncnc2c1[nH]c(=O)n2-c1cc(SC(C)(C)c2ccccc2OCCO)ccc1Cl. The van der Waals surface area contributed by atoms with Crippen molar-refractivity contribution in [2.45, 2.75) is 23.5 Å². The Labute approximate surface area is 199 Å². The zero-order valence-corrected chi connectivity index (χ0v) is 19.9. The van der Waals surface area contributed by atoms with Crippen LogP contribution in [0.5, 0.6) is 11.6 Å². The van der Waals surface area contributed by atoms with Gasteiger partial charge in [-0.15, -0.1) is 11.8 Å². The molecule has 0 fully saturated rings. The van der Waals surface area contributed by atoms with Crippen molar-refractivity contribution in [2.75, 3.05) is 20.3 Å². The van der Waals surface area contributed by atoms with Gasteiger partial charge in [0.25, 0.3) is 0 Å². The molecule has 0 aliphatic heterocycles. The van der Waals surface area contributed by atoms with E-state index in [0.29, 0.717) is 21.9 Å². The molecule has 0 aliphatic carbocycles. The molecule has 8 nitrogen and oxygen atoms in total. The summed E-state index contributed by atoms with van der Waals surface area (Å²) in [5, 5.41) is 9.55. The highest BCUT2D eigenvalue weighted by atomic mass is 35.5. The summed E-state index contributed by atoms with van der Waals surface area (Å²) in [5.41, 5.74) is 1.86. The van der Waals surface area contributed by atoms with E-state index in [1.807, 2.05) is 36.4 Å². The topological polar surface area (TPSA) is 102 Å². The van der Waals surface area contributed by atoms with Crippen molar-refractivity contribution in [3.63, 3.8) is 0 Å². The average Bonchev–Trinajstić information content (AvgIpc) is 3.14. The molecule has 4 rings (SSSR count). The summed E-state index contributed by atoms with van der Waals surface area (Å²) >= 11 is 8.10. The highest BCUT2D eigenvalue weighted by Gasteiger charge is 2.27. The number of fused-ring (bicyclic) bond motifs is 1. The predicted octanol–water partition coefficient (Wildman–Crippen LogP) is 4.17. The van der Waals surface area contributed by atoms with Gasteiger partial charge in [-0.2, -0.15) is 4.98 Å². The van der Waals surface area contributed by atoms with Gasteiger partial charge < -0.3 is 14.6 Å². The Balaban J connectivity index is 1.75. The zero-order chi connectivity index (χ0) is 23.6. The van der Waals surface area contributed by atoms with Crippen molar-refractivity contribution in [3.8, 4) is 17.3 Å². The molecule has 172 valence electrons. The zero-order valence-electron chi connectivity index (χ0n) is 18.3. The minimum atomic E-state index is -0.394. The number of aliphatic hydroxyl groups excluding tert-OH is 1. The van der Waals surface area contributed by atoms with Crippen molar-refractivity contribution in [3.05, 3.63) is 69.9 Å². The normalized spacial score (nSPS) is 11.7. The van der Waals surface area contributed by atoms with E-state index in [1.54, 1.807) is 17.8 Å². The maximum absolute atomic E-state index is 12.8. The van der Waals surface area contributed by atoms with E-state index in [2.05, 4.69) is 28.8 Å². The molecule has 2 N–H and O–H groups in total. The number of methoxy groups -OCH3 is 1. The average molecular weight is 487 g/mol. The Bertz CT molecular complexity index is 1350. The van der Waals surface area contributed by atoms with Gasteiger partial charge in [-0.1, -0.05) is 29.8 Å². The molecule has 10 heteroatoms. The standard InChI is InChI=1S/C23H23ClN4O4S/c1-23(2,15-6-4-5-7-18(15)32-11-10-29)33-14-8-9-16(24)17(12-14)28-20-19(27-22(28)30)21(31-3)26-13-25-20/h4-9,12-13,29H,10-11H2,1-3H3,(H,27,30). The van der Waals surface area contributed by atoms with Gasteiger partial charge in [0.1, 0.15) is 24.2 Å². The van der Waals surface area contributed by atoms with Crippen LogP contribution in [0.25, 0.3) is 16.9 Å². The van der Waals surface area contributed by atoms with Gasteiger partial charge in [-0.3, -0.25) is 4.98 Å². The van der Waals surface area contributed by atoms with Crippen LogP contribution in [0.4, 0.5) is 0 Å². The van der Waals surface area contributed by atoms with Crippen LogP contribution in [0, 0.1) is 0 Å². The van der Waals surface area contributed by atoms with Crippen molar-refractivity contribution < 1.29 is 14.6 Å². The second-order valence-electron chi connectivity index (χ2n) is 7.64. The highest BCUT2D eigenvalue weighted by Crippen LogP contribution is 2.45. The number of thioether (sulfide) groups is 1. The summed E-state index contributed by atoms with van der Waals surface area (Å²) in [6, 6.07) is 13.3. The van der Waals surface area contributed by atoms with E-state index in [9.17, 15) is 4.79 Å². The first-order chi connectivity index (χ1) is 15.9. The number of aliphatic hydroxyl groups is 1. The predicted molar refractivity (Wildman–Crippen MR) is 129 cm³/mol. The molecule has 0 aliphatic rings. The van der Waals surface area contributed by atoms with Crippen molar-refractivity contribution >= 4 is 34.5 Å². The van der Waals surface area contributed by atoms with Crippen LogP contribution < -0.4 is 15.2 Å². The Morgan fingerprint density at radius 1 is 1.21 bits per heavy atom. The number of aromatic nitrogens is 4. The maximum Gasteiger partial charge on any atom is 0.332 e. The summed E-state index contributed by atoms with van der Waals surface area (Å²) in [7, 11) is 1.48. The number of aromatic amines is 1. The van der Waals surface area contributed by atoms with Gasteiger partial charge >= 0.3 is 5.69 Å². The molecule has 0 amide bonds. The quantitative estimate of drug-likeness (QED) is 0.360. The van der Waals surface area contributed by atoms with Crippen LogP contribution in [0.15, 0.2) is 58.5 Å². The molecule has 0 saturated heterocycles. The number of benzene rings is 2. The molecule has 0 bridgehead atoms. The first-order valence-electron chi connectivity index (χ1n) is 10.2. The summed E-state index contributed by atoms with van der Waals surface area (Å²) < 4.78 is 12.0. The third kappa shape index (κ3) is 4.57. The lowest BCUT2D eigenvalue weighted by Crippen LogP contribution is -2.16. The van der Waals surface area contributed by atoms with E-state index in [-0.39, 0.29) is 23.8 Å². The van der Waals surface area contributed by atoms with Crippen LogP contribution >= 0.6 is 23.4 Å². The Morgan fingerprint density at radius 2 is 2.00 bits per heavy atom. The molecular weight excluding hydrogens is 464 g/mol. The number of imidazole rings is 1. The van der Waals surface area contributed by atoms with Gasteiger partial charge in [-0.05, 0) is 38.1 Å². The molecule has 4 aromatic rings. The van der Waals surface area contributed by atoms with Gasteiger partial charge in [0.15, 0.2) is 5.65 Å². The van der Waals surface area contributed by atoms with E-state index in [0.717, 1.165) is 16.2 Å². The molecular formula is C23H23ClN4O4S. The fourth-order valence-electron chi connectivity index (χ4n) is 3.60. The van der Waals surface area contributed by atoms with E-state index < -0.39 is 5.69 Å². The number of nitrogens with one attached hydrogen (secondary N) is 1. The first kappa shape index (κ1) is 23.2. The first-order valence-corrected chi connectivity index (χ1v) is 11.4. The van der Waals surface area contributed by atoms with E-state index in [1.165, 1.54) is 18.0 Å². The van der Waals surface area contributed by atoms with Crippen LogP contribution in [-0.4, -0.2) is 44.9 Å². The third-order valence-corrected chi connectivity index (χ3v) is 6.59. The number of hydrogen-bond acceptors (Lipinski definition) is 7. The Morgan fingerprint density at radius 3 is 2.76 bits per heavy atom. The van der Waals surface area contributed by atoms with Gasteiger partial charge in [-0.25, -0.2) is 14.3 Å². The molecule has 0 atom stereocenters. The second-order valence-corrected chi connectivity index (χ2v) is 9.74. The number of halogens is 1. The van der Waals surface area contributed by atoms with Crippen LogP contribution in [0.2, 0.25) is 5.02 Å². The van der Waals surface area contributed by atoms with E-state index in [4.69, 9.17) is 26.2 Å². The third-order valence-electron chi connectivity index (χ3n) is 5.05. The van der Waals surface area contributed by atoms with Gasteiger partial charge in [0, 0.05) is 15.2 Å². The van der Waals surface area contributed by atoms with Crippen LogP contribution in [-0.2, 0) is 4.75 Å². The Kier molecular flexibility index (Phi) is 6.64. The Hall–Kier alpha value is -3.01. The van der Waals surface area contributed by atoms with E-state index >= 15 is 0 Å². The number of hydrogen-bond donors (Lipinski definition) is 2. The number of rotatable bonds is 8. The maximum atomic E-state index is 12.8. The number of ether oxygens (including phenoxy) is 2. The minimum absolute atomic E-state index is 0.0594. The number of H-pyrrole nitrogens is 1. The molecule has 0 saturated carbocycles. The molecule has 2 heterocycles. The van der Waals surface area contributed by atoms with Crippen LogP contribution in [0.3, 0.4) is 0 Å². The highest BCUT2D eigenvalue weighted by molar-refractivity contribution is 8.00. The molecule has 2 aromatic carbocycles. The van der Waals surface area contributed by atoms with Crippen molar-refractivity contribution in [1.29, 1.82) is 0 Å². The monoisotopic (exact) mass is 486 g/mol. The molecule has 0 unspecified atom stereocenters. The minimum Gasteiger partial charge on any atom is -0.491 e.